The van der Waals surface area contributed by atoms with E-state index in [0.29, 0.717) is 0 Å². The van der Waals surface area contributed by atoms with Crippen molar-refractivity contribution in [1.29, 1.82) is 0 Å². The van der Waals surface area contributed by atoms with E-state index < -0.39 is 8.80 Å². The topological polar surface area (TPSA) is 27.7 Å². The van der Waals surface area contributed by atoms with Crippen LogP contribution in [0.15, 0.2) is 12.2 Å². The van der Waals surface area contributed by atoms with Gasteiger partial charge >= 0.3 is 8.80 Å². The highest BCUT2D eigenvalue weighted by Crippen LogP contribution is 2.19. The fourth-order valence-electron chi connectivity index (χ4n) is 2.30. The Bertz CT molecular complexity index is 238. The lowest BCUT2D eigenvalue weighted by atomic mass is 10.3. The maximum absolute atomic E-state index is 6.24. The molecule has 0 rings (SSSR count). The van der Waals surface area contributed by atoms with Crippen LogP contribution in [0.3, 0.4) is 0 Å². The molecular weight excluding hydrogens is 304 g/mol. The molecule has 0 bridgehead atoms. The van der Waals surface area contributed by atoms with Gasteiger partial charge in [-0.05, 0) is 26.2 Å². The molecule has 3 nitrogen and oxygen atoms in total. The van der Waals surface area contributed by atoms with Gasteiger partial charge in [-0.25, -0.2) is 0 Å². The normalized spacial score (nSPS) is 12.3. The van der Waals surface area contributed by atoms with Crippen molar-refractivity contribution in [3.8, 4) is 0 Å². The highest BCUT2D eigenvalue weighted by atomic mass is 28.4. The van der Waals surface area contributed by atoms with Gasteiger partial charge in [-0.1, -0.05) is 71.4 Å². The molecule has 0 N–H and O–H groups in total. The maximum atomic E-state index is 6.24. The van der Waals surface area contributed by atoms with E-state index in [1.54, 1.807) is 0 Å². The van der Waals surface area contributed by atoms with E-state index in [1.165, 1.54) is 38.5 Å². The first-order valence-corrected chi connectivity index (χ1v) is 11.7. The van der Waals surface area contributed by atoms with E-state index in [2.05, 4.69) is 32.9 Å². The van der Waals surface area contributed by atoms with Gasteiger partial charge in [0, 0.05) is 25.9 Å². The SMILES string of the molecule is CC=CC[Si](OCCCCC)(OCCCCC)OCCCCC. The van der Waals surface area contributed by atoms with Crippen molar-refractivity contribution in [2.24, 2.45) is 0 Å². The summed E-state index contributed by atoms with van der Waals surface area (Å²) < 4.78 is 18.7. The molecule has 0 atom stereocenters. The zero-order chi connectivity index (χ0) is 17.2. The number of allylic oxidation sites excluding steroid dienone is 2. The molecule has 0 radical (unpaired) electrons. The van der Waals surface area contributed by atoms with Crippen LogP contribution in [0.5, 0.6) is 0 Å². The molecule has 0 heterocycles. The summed E-state index contributed by atoms with van der Waals surface area (Å²) in [6.45, 7) is 11.0. The third kappa shape index (κ3) is 12.9. The molecule has 0 aliphatic heterocycles. The van der Waals surface area contributed by atoms with Crippen LogP contribution < -0.4 is 0 Å². The van der Waals surface area contributed by atoms with E-state index in [1.807, 2.05) is 6.92 Å². The summed E-state index contributed by atoms with van der Waals surface area (Å²) >= 11 is 0. The largest absolute Gasteiger partial charge is 0.504 e. The molecule has 0 aliphatic carbocycles. The van der Waals surface area contributed by atoms with Crippen LogP contribution in [0.1, 0.15) is 85.5 Å². The smallest absolute Gasteiger partial charge is 0.373 e. The van der Waals surface area contributed by atoms with Crippen LogP contribution in [0, 0.1) is 0 Å². The first kappa shape index (κ1) is 22.8. The summed E-state index contributed by atoms with van der Waals surface area (Å²) in [4.78, 5) is 0. The molecule has 0 saturated carbocycles. The van der Waals surface area contributed by atoms with Crippen LogP contribution in [0.25, 0.3) is 0 Å². The van der Waals surface area contributed by atoms with E-state index in [0.717, 1.165) is 45.1 Å². The van der Waals surface area contributed by atoms with Crippen LogP contribution in [-0.4, -0.2) is 28.6 Å². The van der Waals surface area contributed by atoms with E-state index in [9.17, 15) is 0 Å². The van der Waals surface area contributed by atoms with Crippen molar-refractivity contribution < 1.29 is 13.3 Å². The van der Waals surface area contributed by atoms with E-state index in [4.69, 9.17) is 13.3 Å². The van der Waals surface area contributed by atoms with Gasteiger partial charge in [-0.15, -0.1) is 0 Å². The molecule has 4 heteroatoms. The average molecular weight is 345 g/mol. The van der Waals surface area contributed by atoms with Crippen LogP contribution in [-0.2, 0) is 13.3 Å². The fourth-order valence-corrected chi connectivity index (χ4v) is 4.80. The second-order valence-electron chi connectivity index (χ2n) is 6.12. The molecule has 138 valence electrons. The van der Waals surface area contributed by atoms with Crippen molar-refractivity contribution in [3.05, 3.63) is 12.2 Å². The third-order valence-corrected chi connectivity index (χ3v) is 6.48. The second-order valence-corrected chi connectivity index (χ2v) is 8.76. The van der Waals surface area contributed by atoms with E-state index >= 15 is 0 Å². The van der Waals surface area contributed by atoms with Gasteiger partial charge < -0.3 is 13.3 Å². The summed E-state index contributed by atoms with van der Waals surface area (Å²) in [7, 11) is -2.55. The van der Waals surface area contributed by atoms with Crippen LogP contribution in [0.2, 0.25) is 6.04 Å². The molecule has 0 unspecified atom stereocenters. The first-order valence-electron chi connectivity index (χ1n) is 9.77. The predicted molar refractivity (Wildman–Crippen MR) is 102 cm³/mol. The molecule has 0 saturated heterocycles. The minimum atomic E-state index is -2.55. The zero-order valence-electron chi connectivity index (χ0n) is 16.1. The summed E-state index contributed by atoms with van der Waals surface area (Å²) in [5.74, 6) is 0. The van der Waals surface area contributed by atoms with Gasteiger partial charge in [0.15, 0.2) is 0 Å². The van der Waals surface area contributed by atoms with Gasteiger partial charge in [-0.3, -0.25) is 0 Å². The minimum absolute atomic E-state index is 0.763. The minimum Gasteiger partial charge on any atom is -0.373 e. The first-order chi connectivity index (χ1) is 11.2. The molecule has 0 amide bonds. The molecule has 23 heavy (non-hydrogen) atoms. The van der Waals surface area contributed by atoms with Crippen molar-refractivity contribution in [1.82, 2.24) is 0 Å². The van der Waals surface area contributed by atoms with Crippen molar-refractivity contribution in [2.45, 2.75) is 91.5 Å². The Hall–Kier alpha value is -0.163. The number of rotatable bonds is 17. The number of hydrogen-bond acceptors (Lipinski definition) is 3. The summed E-state index contributed by atoms with van der Waals surface area (Å²) in [6.07, 6.45) is 14.8. The van der Waals surface area contributed by atoms with Gasteiger partial charge in [0.2, 0.25) is 0 Å². The molecule has 0 aliphatic rings. The summed E-state index contributed by atoms with van der Waals surface area (Å²) in [6, 6.07) is 0.799. The number of unbranched alkanes of at least 4 members (excludes halogenated alkanes) is 6. The van der Waals surface area contributed by atoms with Crippen molar-refractivity contribution in [2.75, 3.05) is 19.8 Å². The highest BCUT2D eigenvalue weighted by molar-refractivity contribution is 6.61. The lowest BCUT2D eigenvalue weighted by molar-refractivity contribution is 0.0581. The Morgan fingerprint density at radius 1 is 0.652 bits per heavy atom. The number of hydrogen-bond donors (Lipinski definition) is 0. The lowest BCUT2D eigenvalue weighted by Crippen LogP contribution is -2.46. The van der Waals surface area contributed by atoms with Crippen LogP contribution >= 0.6 is 0 Å². The van der Waals surface area contributed by atoms with Gasteiger partial charge in [-0.2, -0.15) is 0 Å². The Kier molecular flexibility index (Phi) is 16.6. The summed E-state index contributed by atoms with van der Waals surface area (Å²) in [5.41, 5.74) is 0. The lowest BCUT2D eigenvalue weighted by Gasteiger charge is -2.29. The van der Waals surface area contributed by atoms with Gasteiger partial charge in [0.05, 0.1) is 0 Å². The molecule has 0 aromatic rings. The Labute approximate surface area is 146 Å². The summed E-state index contributed by atoms with van der Waals surface area (Å²) in [5, 5.41) is 0. The molecule has 0 aromatic carbocycles. The van der Waals surface area contributed by atoms with Crippen molar-refractivity contribution in [3.63, 3.8) is 0 Å². The molecule has 0 spiro atoms. The maximum Gasteiger partial charge on any atom is 0.504 e. The average Bonchev–Trinajstić information content (AvgIpc) is 2.57. The quantitative estimate of drug-likeness (QED) is 0.181. The Morgan fingerprint density at radius 3 is 1.35 bits per heavy atom. The predicted octanol–water partition coefficient (Wildman–Crippen LogP) is 6.12. The third-order valence-electron chi connectivity index (χ3n) is 3.81. The Balaban J connectivity index is 4.58. The monoisotopic (exact) mass is 344 g/mol. The fraction of sp³-hybridized carbons (Fsp3) is 0.895. The zero-order valence-corrected chi connectivity index (χ0v) is 17.1. The van der Waals surface area contributed by atoms with Crippen molar-refractivity contribution >= 4 is 8.80 Å². The van der Waals surface area contributed by atoms with Gasteiger partial charge in [0.25, 0.3) is 0 Å². The molecular formula is C19H40O3Si. The highest BCUT2D eigenvalue weighted by Gasteiger charge is 2.39. The van der Waals surface area contributed by atoms with E-state index in [-0.39, 0.29) is 0 Å². The molecule has 0 aromatic heterocycles. The van der Waals surface area contributed by atoms with Crippen LogP contribution in [0.4, 0.5) is 0 Å². The second kappa shape index (κ2) is 16.7. The standard InChI is InChI=1S/C19H40O3Si/c1-5-9-13-16-20-23(19-12-8-4,21-17-14-10-6-2)22-18-15-11-7-3/h8,12H,5-7,9-11,13-19H2,1-4H3. The Morgan fingerprint density at radius 2 is 1.04 bits per heavy atom. The van der Waals surface area contributed by atoms with Gasteiger partial charge in [0.1, 0.15) is 0 Å². The molecule has 0 fully saturated rings.